The van der Waals surface area contributed by atoms with Gasteiger partial charge in [-0.15, -0.1) is 10.2 Å². The van der Waals surface area contributed by atoms with Gasteiger partial charge in [-0.25, -0.2) is 8.78 Å². The van der Waals surface area contributed by atoms with Crippen molar-refractivity contribution < 1.29 is 18.3 Å². The van der Waals surface area contributed by atoms with Gasteiger partial charge in [-0.05, 0) is 61.4 Å². The van der Waals surface area contributed by atoms with E-state index in [0.29, 0.717) is 29.8 Å². The van der Waals surface area contributed by atoms with Gasteiger partial charge < -0.3 is 19.9 Å². The van der Waals surface area contributed by atoms with Crippen molar-refractivity contribution in [2.24, 2.45) is 0 Å². The number of ether oxygens (including phenoxy) is 1. The third-order valence-electron chi connectivity index (χ3n) is 4.96. The summed E-state index contributed by atoms with van der Waals surface area (Å²) in [5.74, 6) is -0.0477. The van der Waals surface area contributed by atoms with Crippen molar-refractivity contribution in [2.75, 3.05) is 23.0 Å². The standard InChI is InChI=1S/C22H23F2N5O2S/c23-15-3-7-17(8-4-15)25-12-20-27-28-22(29(20)13-19-2-1-11-31-19)32-14-21(30)26-18-9-5-16(24)6-10-18/h3-10,19,25H,1-2,11-14H2,(H,26,30)/t19-/m0/s1. The van der Waals surface area contributed by atoms with Crippen molar-refractivity contribution in [3.63, 3.8) is 0 Å². The number of aromatic nitrogens is 3. The summed E-state index contributed by atoms with van der Waals surface area (Å²) in [6.45, 7) is 1.72. The average Bonchev–Trinajstić information content (AvgIpc) is 3.44. The highest BCUT2D eigenvalue weighted by Gasteiger charge is 2.21. The molecule has 1 fully saturated rings. The highest BCUT2D eigenvalue weighted by atomic mass is 32.2. The lowest BCUT2D eigenvalue weighted by molar-refractivity contribution is -0.113. The maximum absolute atomic E-state index is 13.1. The van der Waals surface area contributed by atoms with Crippen LogP contribution in [-0.2, 0) is 22.6 Å². The number of thioether (sulfide) groups is 1. The molecule has 0 unspecified atom stereocenters. The molecule has 1 aromatic heterocycles. The predicted octanol–water partition coefficient (Wildman–Crippen LogP) is 4.08. The van der Waals surface area contributed by atoms with Crippen molar-refractivity contribution >= 4 is 29.0 Å². The van der Waals surface area contributed by atoms with Crippen LogP contribution in [0.4, 0.5) is 20.2 Å². The monoisotopic (exact) mass is 459 g/mol. The van der Waals surface area contributed by atoms with E-state index in [1.165, 1.54) is 48.2 Å². The van der Waals surface area contributed by atoms with Crippen LogP contribution in [0.25, 0.3) is 0 Å². The number of rotatable bonds is 9. The van der Waals surface area contributed by atoms with E-state index in [1.807, 2.05) is 4.57 Å². The molecule has 2 aromatic carbocycles. The smallest absolute Gasteiger partial charge is 0.234 e. The minimum absolute atomic E-state index is 0.0722. The third-order valence-corrected chi connectivity index (χ3v) is 5.93. The fourth-order valence-corrected chi connectivity index (χ4v) is 4.11. The van der Waals surface area contributed by atoms with Crippen molar-refractivity contribution in [3.05, 3.63) is 66.0 Å². The zero-order chi connectivity index (χ0) is 22.3. The second kappa shape index (κ2) is 10.6. The molecule has 168 valence electrons. The Morgan fingerprint density at radius 1 is 1.06 bits per heavy atom. The molecule has 2 heterocycles. The summed E-state index contributed by atoms with van der Waals surface area (Å²) in [6.07, 6.45) is 2.04. The molecule has 1 aliphatic rings. The van der Waals surface area contributed by atoms with Gasteiger partial charge >= 0.3 is 0 Å². The highest BCUT2D eigenvalue weighted by Crippen LogP contribution is 2.22. The number of anilines is 2. The first kappa shape index (κ1) is 22.2. The van der Waals surface area contributed by atoms with Gasteiger partial charge in [0, 0.05) is 18.0 Å². The molecule has 1 atom stereocenters. The summed E-state index contributed by atoms with van der Waals surface area (Å²) >= 11 is 1.28. The van der Waals surface area contributed by atoms with Crippen LogP contribution in [0.1, 0.15) is 18.7 Å². The SMILES string of the molecule is O=C(CSc1nnc(CNc2ccc(F)cc2)n1C[C@@H]1CCCO1)Nc1ccc(F)cc1. The van der Waals surface area contributed by atoms with E-state index >= 15 is 0 Å². The lowest BCUT2D eigenvalue weighted by Crippen LogP contribution is -2.20. The van der Waals surface area contributed by atoms with Gasteiger partial charge in [0.05, 0.1) is 24.9 Å². The van der Waals surface area contributed by atoms with Crippen LogP contribution < -0.4 is 10.6 Å². The van der Waals surface area contributed by atoms with E-state index in [2.05, 4.69) is 20.8 Å². The maximum Gasteiger partial charge on any atom is 0.234 e. The topological polar surface area (TPSA) is 81.1 Å². The van der Waals surface area contributed by atoms with Crippen molar-refractivity contribution in [1.82, 2.24) is 14.8 Å². The van der Waals surface area contributed by atoms with Crippen molar-refractivity contribution in [3.8, 4) is 0 Å². The number of hydrogen-bond acceptors (Lipinski definition) is 6. The number of amides is 1. The number of carbonyl (C=O) groups excluding carboxylic acids is 1. The minimum atomic E-state index is -0.360. The molecule has 2 N–H and O–H groups in total. The predicted molar refractivity (Wildman–Crippen MR) is 118 cm³/mol. The first-order valence-corrected chi connectivity index (χ1v) is 11.3. The molecule has 0 spiro atoms. The van der Waals surface area contributed by atoms with E-state index in [0.717, 1.165) is 25.1 Å². The Hall–Kier alpha value is -2.98. The van der Waals surface area contributed by atoms with Gasteiger partial charge in [0.1, 0.15) is 11.6 Å². The van der Waals surface area contributed by atoms with Crippen molar-refractivity contribution in [2.45, 2.75) is 37.2 Å². The summed E-state index contributed by atoms with van der Waals surface area (Å²) in [5, 5.41) is 15.1. The van der Waals surface area contributed by atoms with Crippen LogP contribution in [0.15, 0.2) is 53.7 Å². The number of hydrogen-bond donors (Lipinski definition) is 2. The molecule has 0 saturated carbocycles. The van der Waals surface area contributed by atoms with E-state index in [9.17, 15) is 13.6 Å². The Labute approximate surface area is 188 Å². The largest absolute Gasteiger partial charge is 0.378 e. The number of nitrogens with one attached hydrogen (secondary N) is 2. The zero-order valence-electron chi connectivity index (χ0n) is 17.3. The molecular formula is C22H23F2N5O2S. The summed E-state index contributed by atoms with van der Waals surface area (Å²) < 4.78 is 33.9. The number of nitrogens with zero attached hydrogens (tertiary/aromatic N) is 3. The molecule has 0 radical (unpaired) electrons. The molecule has 10 heteroatoms. The lowest BCUT2D eigenvalue weighted by atomic mass is 10.2. The second-order valence-corrected chi connectivity index (χ2v) is 8.29. The number of benzene rings is 2. The third kappa shape index (κ3) is 6.04. The molecule has 4 rings (SSSR count). The van der Waals surface area contributed by atoms with Gasteiger partial charge in [0.15, 0.2) is 11.0 Å². The Balaban J connectivity index is 1.41. The molecule has 1 aliphatic heterocycles. The van der Waals surface area contributed by atoms with E-state index < -0.39 is 0 Å². The van der Waals surface area contributed by atoms with Gasteiger partial charge in [-0.2, -0.15) is 0 Å². The molecule has 1 saturated heterocycles. The summed E-state index contributed by atoms with van der Waals surface area (Å²) in [4.78, 5) is 12.3. The van der Waals surface area contributed by atoms with Gasteiger partial charge in [-0.3, -0.25) is 4.79 Å². The minimum Gasteiger partial charge on any atom is -0.378 e. The van der Waals surface area contributed by atoms with Gasteiger partial charge in [-0.1, -0.05) is 11.8 Å². The summed E-state index contributed by atoms with van der Waals surface area (Å²) in [5.41, 5.74) is 1.30. The lowest BCUT2D eigenvalue weighted by Gasteiger charge is -2.15. The Kier molecular flexibility index (Phi) is 7.33. The maximum atomic E-state index is 13.1. The molecule has 0 aliphatic carbocycles. The second-order valence-electron chi connectivity index (χ2n) is 7.35. The number of halogens is 2. The number of carbonyl (C=O) groups is 1. The molecule has 3 aromatic rings. The van der Waals surface area contributed by atoms with Crippen LogP contribution in [-0.4, -0.2) is 39.1 Å². The van der Waals surface area contributed by atoms with Crippen LogP contribution in [0.2, 0.25) is 0 Å². The normalized spacial score (nSPS) is 15.6. The summed E-state index contributed by atoms with van der Waals surface area (Å²) in [7, 11) is 0. The van der Waals surface area contributed by atoms with E-state index in [4.69, 9.17) is 4.74 Å². The molecule has 1 amide bonds. The average molecular weight is 460 g/mol. The fraction of sp³-hybridized carbons (Fsp3) is 0.318. The van der Waals surface area contributed by atoms with Gasteiger partial charge in [0.25, 0.3) is 0 Å². The Bertz CT molecular complexity index is 1040. The van der Waals surface area contributed by atoms with Gasteiger partial charge in [0.2, 0.25) is 5.91 Å². The quantitative estimate of drug-likeness (QED) is 0.470. The first-order valence-electron chi connectivity index (χ1n) is 10.3. The molecule has 0 bridgehead atoms. The van der Waals surface area contributed by atoms with Crippen molar-refractivity contribution in [1.29, 1.82) is 0 Å². The van der Waals surface area contributed by atoms with Crippen LogP contribution in [0.3, 0.4) is 0 Å². The fourth-order valence-electron chi connectivity index (χ4n) is 3.34. The van der Waals surface area contributed by atoms with E-state index in [-0.39, 0.29) is 29.4 Å². The van der Waals surface area contributed by atoms with E-state index in [1.54, 1.807) is 12.1 Å². The molecular weight excluding hydrogens is 436 g/mol. The summed E-state index contributed by atoms with van der Waals surface area (Å²) in [6, 6.07) is 11.7. The molecule has 32 heavy (non-hydrogen) atoms. The Morgan fingerprint density at radius 2 is 1.75 bits per heavy atom. The molecule has 7 nitrogen and oxygen atoms in total. The zero-order valence-corrected chi connectivity index (χ0v) is 18.1. The first-order chi connectivity index (χ1) is 15.6. The van der Waals surface area contributed by atoms with Crippen LogP contribution >= 0.6 is 11.8 Å². The van der Waals surface area contributed by atoms with Crippen LogP contribution in [0, 0.1) is 11.6 Å². The Morgan fingerprint density at radius 3 is 2.41 bits per heavy atom. The highest BCUT2D eigenvalue weighted by molar-refractivity contribution is 7.99. The van der Waals surface area contributed by atoms with Crippen LogP contribution in [0.5, 0.6) is 0 Å².